The molecule has 1 aromatic rings. The van der Waals surface area contributed by atoms with Crippen LogP contribution in [0, 0.1) is 11.3 Å². The predicted molar refractivity (Wildman–Crippen MR) is 54.0 cm³/mol. The lowest BCUT2D eigenvalue weighted by Crippen LogP contribution is -2.29. The van der Waals surface area contributed by atoms with Gasteiger partial charge >= 0.3 is 0 Å². The minimum atomic E-state index is 0.0944. The highest BCUT2D eigenvalue weighted by molar-refractivity contribution is 5.64. The number of aryl methyl sites for hydroxylation is 1. The minimum Gasteiger partial charge on any atom is -0.394 e. The zero-order chi connectivity index (χ0) is 9.97. The van der Waals surface area contributed by atoms with Crippen LogP contribution in [0.15, 0.2) is 18.2 Å². The molecule has 0 amide bonds. The summed E-state index contributed by atoms with van der Waals surface area (Å²) >= 11 is 0. The first-order valence-electron chi connectivity index (χ1n) is 4.74. The Morgan fingerprint density at radius 1 is 1.57 bits per heavy atom. The number of aliphatic hydroxyl groups is 1. The van der Waals surface area contributed by atoms with Gasteiger partial charge in [-0.05, 0) is 24.5 Å². The van der Waals surface area contributed by atoms with Crippen molar-refractivity contribution in [1.29, 1.82) is 5.26 Å². The molecular formula is C11H12N2O. The fourth-order valence-electron chi connectivity index (χ4n) is 1.82. The highest BCUT2D eigenvalue weighted by Crippen LogP contribution is 2.27. The second kappa shape index (κ2) is 3.69. The number of benzene rings is 1. The van der Waals surface area contributed by atoms with Crippen molar-refractivity contribution in [2.45, 2.75) is 18.9 Å². The van der Waals surface area contributed by atoms with Crippen molar-refractivity contribution in [3.05, 3.63) is 29.3 Å². The molecular weight excluding hydrogens is 176 g/mol. The molecule has 0 unspecified atom stereocenters. The number of nitriles is 1. The van der Waals surface area contributed by atoms with Crippen LogP contribution in [0.2, 0.25) is 0 Å². The van der Waals surface area contributed by atoms with Crippen LogP contribution in [0.25, 0.3) is 0 Å². The monoisotopic (exact) mass is 188 g/mol. The highest BCUT2D eigenvalue weighted by Gasteiger charge is 2.18. The Balaban J connectivity index is 2.39. The van der Waals surface area contributed by atoms with Gasteiger partial charge in [0.2, 0.25) is 0 Å². The normalized spacial score (nSPS) is 19.3. The van der Waals surface area contributed by atoms with E-state index < -0.39 is 0 Å². The van der Waals surface area contributed by atoms with E-state index in [9.17, 15) is 0 Å². The van der Waals surface area contributed by atoms with Gasteiger partial charge in [-0.25, -0.2) is 0 Å². The summed E-state index contributed by atoms with van der Waals surface area (Å²) in [6, 6.07) is 7.97. The highest BCUT2D eigenvalue weighted by atomic mass is 16.3. The lowest BCUT2D eigenvalue weighted by atomic mass is 9.96. The first-order valence-corrected chi connectivity index (χ1v) is 4.74. The molecule has 14 heavy (non-hydrogen) atoms. The average molecular weight is 188 g/mol. The topological polar surface area (TPSA) is 56.0 Å². The van der Waals surface area contributed by atoms with Crippen molar-refractivity contribution in [2.24, 2.45) is 0 Å². The Morgan fingerprint density at radius 2 is 2.43 bits per heavy atom. The summed E-state index contributed by atoms with van der Waals surface area (Å²) in [6.07, 6.45) is 1.86. The maximum absolute atomic E-state index is 9.03. The van der Waals surface area contributed by atoms with Gasteiger partial charge in [-0.1, -0.05) is 12.1 Å². The van der Waals surface area contributed by atoms with Gasteiger partial charge in [-0.3, -0.25) is 0 Å². The van der Waals surface area contributed by atoms with Gasteiger partial charge in [-0.15, -0.1) is 0 Å². The number of para-hydroxylation sites is 1. The Labute approximate surface area is 83.0 Å². The Hall–Kier alpha value is -1.53. The minimum absolute atomic E-state index is 0.0944. The van der Waals surface area contributed by atoms with Crippen LogP contribution in [0.5, 0.6) is 0 Å². The summed E-state index contributed by atoms with van der Waals surface area (Å²) in [5, 5.41) is 21.1. The van der Waals surface area contributed by atoms with Crippen molar-refractivity contribution in [3.63, 3.8) is 0 Å². The van der Waals surface area contributed by atoms with Crippen LogP contribution < -0.4 is 5.32 Å². The van der Waals surface area contributed by atoms with Gasteiger partial charge in [0.25, 0.3) is 0 Å². The van der Waals surface area contributed by atoms with Crippen LogP contribution in [-0.4, -0.2) is 17.8 Å². The number of anilines is 1. The van der Waals surface area contributed by atoms with Gasteiger partial charge in [0, 0.05) is 6.04 Å². The van der Waals surface area contributed by atoms with Crippen molar-refractivity contribution < 1.29 is 5.11 Å². The zero-order valence-corrected chi connectivity index (χ0v) is 7.83. The lowest BCUT2D eigenvalue weighted by Gasteiger charge is -2.26. The first kappa shape index (κ1) is 9.04. The maximum atomic E-state index is 9.03. The van der Waals surface area contributed by atoms with Crippen molar-refractivity contribution in [3.8, 4) is 6.07 Å². The predicted octanol–water partition coefficient (Wildman–Crippen LogP) is 1.28. The molecule has 0 saturated carbocycles. The molecule has 0 bridgehead atoms. The molecule has 1 aliphatic heterocycles. The van der Waals surface area contributed by atoms with E-state index in [0.29, 0.717) is 5.56 Å². The number of hydrogen-bond donors (Lipinski definition) is 2. The fourth-order valence-corrected chi connectivity index (χ4v) is 1.82. The SMILES string of the molecule is N#Cc1cccc2c1N[C@H](CO)CC2. The molecule has 0 fully saturated rings. The van der Waals surface area contributed by atoms with Crippen molar-refractivity contribution in [2.75, 3.05) is 11.9 Å². The summed E-state index contributed by atoms with van der Waals surface area (Å²) < 4.78 is 0. The van der Waals surface area contributed by atoms with Crippen LogP contribution in [0.4, 0.5) is 5.69 Å². The molecule has 2 N–H and O–H groups in total. The quantitative estimate of drug-likeness (QED) is 0.698. The second-order valence-corrected chi connectivity index (χ2v) is 3.51. The summed E-state index contributed by atoms with van der Waals surface area (Å²) in [7, 11) is 0. The van der Waals surface area contributed by atoms with E-state index in [0.717, 1.165) is 18.5 Å². The summed E-state index contributed by atoms with van der Waals surface area (Å²) in [5.41, 5.74) is 2.75. The molecule has 72 valence electrons. The van der Waals surface area contributed by atoms with Crippen LogP contribution >= 0.6 is 0 Å². The number of nitrogens with zero attached hydrogens (tertiary/aromatic N) is 1. The first-order chi connectivity index (χ1) is 6.85. The molecule has 3 nitrogen and oxygen atoms in total. The Morgan fingerprint density at radius 3 is 3.14 bits per heavy atom. The standard InChI is InChI=1S/C11H12N2O/c12-6-9-3-1-2-8-4-5-10(7-14)13-11(8)9/h1-3,10,13-14H,4-5,7H2/t10-/m0/s1. The smallest absolute Gasteiger partial charge is 0.101 e. The Kier molecular flexibility index (Phi) is 2.38. The van der Waals surface area contributed by atoms with Gasteiger partial charge < -0.3 is 10.4 Å². The molecule has 2 rings (SSSR count). The van der Waals surface area contributed by atoms with E-state index in [1.165, 1.54) is 5.56 Å². The number of hydrogen-bond acceptors (Lipinski definition) is 3. The van der Waals surface area contributed by atoms with Crippen LogP contribution in [0.1, 0.15) is 17.5 Å². The van der Waals surface area contributed by atoms with E-state index >= 15 is 0 Å². The second-order valence-electron chi connectivity index (χ2n) is 3.51. The fraction of sp³-hybridized carbons (Fsp3) is 0.364. The number of fused-ring (bicyclic) bond motifs is 1. The third-order valence-electron chi connectivity index (χ3n) is 2.60. The molecule has 1 aliphatic rings. The molecule has 0 aliphatic carbocycles. The van der Waals surface area contributed by atoms with E-state index in [1.54, 1.807) is 6.07 Å². The molecule has 1 atom stereocenters. The van der Waals surface area contributed by atoms with Gasteiger partial charge in [-0.2, -0.15) is 5.26 Å². The third-order valence-corrected chi connectivity index (χ3v) is 2.60. The van der Waals surface area contributed by atoms with Crippen LogP contribution in [0.3, 0.4) is 0 Å². The van der Waals surface area contributed by atoms with E-state index in [2.05, 4.69) is 11.4 Å². The number of nitrogens with one attached hydrogen (secondary N) is 1. The molecule has 0 saturated heterocycles. The maximum Gasteiger partial charge on any atom is 0.101 e. The molecule has 1 aromatic carbocycles. The van der Waals surface area contributed by atoms with Gasteiger partial charge in [0.1, 0.15) is 6.07 Å². The molecule has 1 heterocycles. The molecule has 3 heteroatoms. The largest absolute Gasteiger partial charge is 0.394 e. The molecule has 0 spiro atoms. The van der Waals surface area contributed by atoms with Crippen LogP contribution in [-0.2, 0) is 6.42 Å². The average Bonchev–Trinajstić information content (AvgIpc) is 2.27. The van der Waals surface area contributed by atoms with E-state index in [-0.39, 0.29) is 12.6 Å². The summed E-state index contributed by atoms with van der Waals surface area (Å²) in [6.45, 7) is 0.124. The van der Waals surface area contributed by atoms with Gasteiger partial charge in [0.05, 0.1) is 17.9 Å². The summed E-state index contributed by atoms with van der Waals surface area (Å²) in [4.78, 5) is 0. The zero-order valence-electron chi connectivity index (χ0n) is 7.83. The van der Waals surface area contributed by atoms with Gasteiger partial charge in [0.15, 0.2) is 0 Å². The third kappa shape index (κ3) is 1.45. The van der Waals surface area contributed by atoms with Crippen molar-refractivity contribution >= 4 is 5.69 Å². The lowest BCUT2D eigenvalue weighted by molar-refractivity contribution is 0.267. The van der Waals surface area contributed by atoms with E-state index in [4.69, 9.17) is 10.4 Å². The summed E-state index contributed by atoms with van der Waals surface area (Å²) in [5.74, 6) is 0. The molecule has 0 radical (unpaired) electrons. The number of aliphatic hydroxyl groups excluding tert-OH is 1. The van der Waals surface area contributed by atoms with Crippen molar-refractivity contribution in [1.82, 2.24) is 0 Å². The molecule has 0 aromatic heterocycles. The van der Waals surface area contributed by atoms with E-state index in [1.807, 2.05) is 12.1 Å². The number of rotatable bonds is 1. The Bertz CT molecular complexity index is 381.